The lowest BCUT2D eigenvalue weighted by Gasteiger charge is -2.11. The van der Waals surface area contributed by atoms with E-state index in [1.165, 1.54) is 0 Å². The standard InChI is InChI=1S/C11H23O8PS3/c12-11(13)3-8-23(18,19)10-9-22(16,17)7-2-5-20(14,15)4-1-6-21/h21H,1-10H2,(H,12,13)(H,14,15). The van der Waals surface area contributed by atoms with Gasteiger partial charge in [0.05, 0.1) is 29.4 Å². The minimum absolute atomic E-state index is 0.0160. The van der Waals surface area contributed by atoms with Crippen LogP contribution in [0.1, 0.15) is 19.3 Å². The van der Waals surface area contributed by atoms with Gasteiger partial charge in [0, 0.05) is 12.3 Å². The SMILES string of the molecule is O=C(O)CCS(=O)(=O)CCS(=O)(=O)CCCP(=O)(O)CCCS. The molecule has 0 saturated carbocycles. The number of carboxylic acid groups (broad SMARTS) is 1. The van der Waals surface area contributed by atoms with Gasteiger partial charge in [-0.05, 0) is 18.6 Å². The zero-order valence-electron chi connectivity index (χ0n) is 12.6. The lowest BCUT2D eigenvalue weighted by Crippen LogP contribution is -2.22. The summed E-state index contributed by atoms with van der Waals surface area (Å²) in [6.45, 7) is 0. The first-order chi connectivity index (χ1) is 10.4. The molecule has 0 aromatic rings. The molecule has 0 rings (SSSR count). The van der Waals surface area contributed by atoms with E-state index in [2.05, 4.69) is 12.6 Å². The van der Waals surface area contributed by atoms with Gasteiger partial charge in [-0.2, -0.15) is 12.6 Å². The quantitative estimate of drug-likeness (QED) is 0.290. The Morgan fingerprint density at radius 3 is 1.87 bits per heavy atom. The molecule has 0 heterocycles. The summed E-state index contributed by atoms with van der Waals surface area (Å²) in [6, 6.07) is 0. The van der Waals surface area contributed by atoms with E-state index in [4.69, 9.17) is 5.11 Å². The highest BCUT2D eigenvalue weighted by atomic mass is 32.2. The molecule has 2 N–H and O–H groups in total. The highest BCUT2D eigenvalue weighted by Crippen LogP contribution is 2.41. The second kappa shape index (κ2) is 10.0. The lowest BCUT2D eigenvalue weighted by atomic mass is 10.5. The van der Waals surface area contributed by atoms with Crippen molar-refractivity contribution in [2.45, 2.75) is 19.3 Å². The highest BCUT2D eigenvalue weighted by Gasteiger charge is 2.22. The molecule has 1 atom stereocenters. The average Bonchev–Trinajstić information content (AvgIpc) is 2.41. The van der Waals surface area contributed by atoms with Crippen LogP contribution in [0.25, 0.3) is 0 Å². The van der Waals surface area contributed by atoms with E-state index in [1.807, 2.05) is 0 Å². The van der Waals surface area contributed by atoms with Gasteiger partial charge in [-0.15, -0.1) is 0 Å². The summed E-state index contributed by atoms with van der Waals surface area (Å²) in [5, 5.41) is 8.42. The summed E-state index contributed by atoms with van der Waals surface area (Å²) in [5.41, 5.74) is 0. The highest BCUT2D eigenvalue weighted by molar-refractivity contribution is 7.95. The van der Waals surface area contributed by atoms with Crippen LogP contribution in [0.4, 0.5) is 0 Å². The summed E-state index contributed by atoms with van der Waals surface area (Å²) >= 11 is 3.93. The van der Waals surface area contributed by atoms with Crippen LogP contribution in [0.15, 0.2) is 0 Å². The predicted octanol–water partition coefficient (Wildman–Crippen LogP) is 0.271. The van der Waals surface area contributed by atoms with Gasteiger partial charge in [-0.25, -0.2) is 16.8 Å². The number of hydrogen-bond donors (Lipinski definition) is 3. The van der Waals surface area contributed by atoms with Crippen molar-refractivity contribution in [2.24, 2.45) is 0 Å². The maximum absolute atomic E-state index is 11.8. The molecule has 0 bridgehead atoms. The van der Waals surface area contributed by atoms with Gasteiger partial charge in [0.15, 0.2) is 19.7 Å². The van der Waals surface area contributed by atoms with Gasteiger partial charge >= 0.3 is 5.97 Å². The van der Waals surface area contributed by atoms with Crippen LogP contribution in [-0.4, -0.2) is 73.9 Å². The largest absolute Gasteiger partial charge is 0.481 e. The maximum Gasteiger partial charge on any atom is 0.304 e. The summed E-state index contributed by atoms with van der Waals surface area (Å²) in [6.07, 6.45) is -0.170. The molecule has 23 heavy (non-hydrogen) atoms. The van der Waals surface area contributed by atoms with E-state index in [0.717, 1.165) is 0 Å². The summed E-state index contributed by atoms with van der Waals surface area (Å²) in [7, 11) is -10.8. The molecule has 0 aliphatic rings. The molecule has 0 saturated heterocycles. The number of aliphatic carboxylic acids is 1. The van der Waals surface area contributed by atoms with E-state index in [9.17, 15) is 31.1 Å². The lowest BCUT2D eigenvalue weighted by molar-refractivity contribution is -0.136. The third-order valence-corrected chi connectivity index (χ3v) is 8.95. The van der Waals surface area contributed by atoms with E-state index in [-0.39, 0.29) is 24.5 Å². The molecular formula is C11H23O8PS3. The second-order valence-corrected chi connectivity index (χ2v) is 12.8. The molecule has 0 aromatic carbocycles. The van der Waals surface area contributed by atoms with Crippen LogP contribution in [0.2, 0.25) is 0 Å². The maximum atomic E-state index is 11.8. The van der Waals surface area contributed by atoms with Gasteiger partial charge in [-0.1, -0.05) is 0 Å². The fraction of sp³-hybridized carbons (Fsp3) is 0.909. The zero-order valence-corrected chi connectivity index (χ0v) is 16.0. The second-order valence-electron chi connectivity index (χ2n) is 5.17. The van der Waals surface area contributed by atoms with E-state index in [0.29, 0.717) is 12.2 Å². The number of carbonyl (C=O) groups is 1. The topological polar surface area (TPSA) is 143 Å². The van der Waals surface area contributed by atoms with Crippen molar-refractivity contribution in [2.75, 3.05) is 41.1 Å². The Morgan fingerprint density at radius 2 is 1.39 bits per heavy atom. The first-order valence-corrected chi connectivity index (χ1v) is 13.2. The van der Waals surface area contributed by atoms with Crippen molar-refractivity contribution < 1.29 is 36.2 Å². The van der Waals surface area contributed by atoms with Gasteiger partial charge in [-0.3, -0.25) is 9.36 Å². The van der Waals surface area contributed by atoms with Gasteiger partial charge in [0.1, 0.15) is 0 Å². The van der Waals surface area contributed by atoms with E-state index < -0.39 is 56.7 Å². The molecule has 0 aliphatic carbocycles. The molecule has 0 amide bonds. The number of thiol groups is 1. The number of carboxylic acids is 1. The van der Waals surface area contributed by atoms with Crippen molar-refractivity contribution >= 4 is 45.6 Å². The van der Waals surface area contributed by atoms with Crippen molar-refractivity contribution in [1.82, 2.24) is 0 Å². The predicted molar refractivity (Wildman–Crippen MR) is 92.2 cm³/mol. The molecule has 138 valence electrons. The molecule has 0 fully saturated rings. The number of rotatable bonds is 13. The first kappa shape index (κ1) is 22.9. The summed E-state index contributed by atoms with van der Waals surface area (Å²) < 4.78 is 58.2. The fourth-order valence-electron chi connectivity index (χ4n) is 1.66. The van der Waals surface area contributed by atoms with Crippen LogP contribution in [0.3, 0.4) is 0 Å². The zero-order chi connectivity index (χ0) is 18.1. The Balaban J connectivity index is 4.30. The third kappa shape index (κ3) is 12.9. The summed E-state index contributed by atoms with van der Waals surface area (Å²) in [5.74, 6) is -3.02. The molecular weight excluding hydrogens is 387 g/mol. The smallest absolute Gasteiger partial charge is 0.304 e. The minimum atomic E-state index is -3.75. The van der Waals surface area contributed by atoms with Crippen LogP contribution >= 0.6 is 20.0 Å². The Hall–Kier alpha value is -0.0900. The molecule has 0 aromatic heterocycles. The van der Waals surface area contributed by atoms with Crippen LogP contribution < -0.4 is 0 Å². The van der Waals surface area contributed by atoms with Crippen LogP contribution in [0.5, 0.6) is 0 Å². The fourth-order valence-corrected chi connectivity index (χ4v) is 7.32. The first-order valence-electron chi connectivity index (χ1n) is 6.93. The van der Waals surface area contributed by atoms with Crippen LogP contribution in [-0.2, 0) is 29.0 Å². The Morgan fingerprint density at radius 1 is 0.913 bits per heavy atom. The van der Waals surface area contributed by atoms with Crippen molar-refractivity contribution in [1.29, 1.82) is 0 Å². The van der Waals surface area contributed by atoms with Gasteiger partial charge in [0.25, 0.3) is 0 Å². The monoisotopic (exact) mass is 410 g/mol. The van der Waals surface area contributed by atoms with E-state index in [1.54, 1.807) is 0 Å². The number of hydrogen-bond acceptors (Lipinski definition) is 7. The molecule has 1 unspecified atom stereocenters. The average molecular weight is 410 g/mol. The Bertz CT molecular complexity index is 626. The van der Waals surface area contributed by atoms with Crippen molar-refractivity contribution in [3.8, 4) is 0 Å². The molecule has 0 radical (unpaired) electrons. The Labute approximate surface area is 142 Å². The van der Waals surface area contributed by atoms with Gasteiger partial charge in [0.2, 0.25) is 7.37 Å². The Kier molecular flexibility index (Phi) is 9.99. The summed E-state index contributed by atoms with van der Waals surface area (Å²) in [4.78, 5) is 19.9. The van der Waals surface area contributed by atoms with Crippen molar-refractivity contribution in [3.63, 3.8) is 0 Å². The molecule has 8 nitrogen and oxygen atoms in total. The molecule has 0 spiro atoms. The third-order valence-electron chi connectivity index (χ3n) is 2.96. The minimum Gasteiger partial charge on any atom is -0.481 e. The van der Waals surface area contributed by atoms with E-state index >= 15 is 0 Å². The molecule has 12 heteroatoms. The van der Waals surface area contributed by atoms with Gasteiger partial charge < -0.3 is 10.00 Å². The van der Waals surface area contributed by atoms with Crippen molar-refractivity contribution in [3.05, 3.63) is 0 Å². The van der Waals surface area contributed by atoms with Crippen LogP contribution in [0, 0.1) is 0 Å². The molecule has 0 aliphatic heterocycles. The normalized spacial score (nSPS) is 15.2. The number of sulfone groups is 2.